The second-order valence-electron chi connectivity index (χ2n) is 9.36. The van der Waals surface area contributed by atoms with Gasteiger partial charge in [0.05, 0.1) is 17.0 Å². The first-order valence-electron chi connectivity index (χ1n) is 12.6. The van der Waals surface area contributed by atoms with Gasteiger partial charge in [0.15, 0.2) is 5.65 Å². The second kappa shape index (κ2) is 12.4. The molecule has 0 spiro atoms. The number of anilines is 1. The molecule has 12 heteroatoms. The fourth-order valence-corrected chi connectivity index (χ4v) is 4.49. The van der Waals surface area contributed by atoms with Crippen molar-refractivity contribution >= 4 is 28.8 Å². The first kappa shape index (κ1) is 28.2. The molecule has 0 saturated heterocycles. The van der Waals surface area contributed by atoms with E-state index in [0.717, 1.165) is 41.0 Å². The van der Waals surface area contributed by atoms with Crippen molar-refractivity contribution in [2.24, 2.45) is 5.73 Å². The SMILES string of the molecule is NC[C@]1(O)CC[C@@H](n2nc(-c3ccc(Oc4ccccc4)cc3)c3c(N)ncnc32)CC1.O=C(O)/C=C\C(=O)O. The van der Waals surface area contributed by atoms with Crippen LogP contribution in [0.5, 0.6) is 11.5 Å². The van der Waals surface area contributed by atoms with E-state index in [0.29, 0.717) is 36.5 Å². The standard InChI is InChI=1S/C24H26N6O2.C4H4O4/c25-14-24(31)12-10-17(11-13-24)30-23-20(22(26)27-15-28-23)21(29-30)16-6-8-19(9-7-16)32-18-4-2-1-3-5-18;5-3(6)1-2-4(7)8/h1-9,15,17,31H,10-14,25H2,(H2,26,27,28);1-2H,(H,5,6)(H,7,8)/b;2-1-/t17-,24+;. The number of nitrogens with two attached hydrogens (primary N) is 2. The molecule has 208 valence electrons. The van der Waals surface area contributed by atoms with Crippen LogP contribution in [0.3, 0.4) is 0 Å². The molecule has 40 heavy (non-hydrogen) atoms. The molecule has 12 nitrogen and oxygen atoms in total. The Labute approximate surface area is 229 Å². The lowest BCUT2D eigenvalue weighted by atomic mass is 9.82. The zero-order valence-corrected chi connectivity index (χ0v) is 21.6. The Morgan fingerprint density at radius 2 is 1.57 bits per heavy atom. The number of hydrogen-bond donors (Lipinski definition) is 5. The number of benzene rings is 2. The topological polar surface area (TPSA) is 200 Å². The number of ether oxygens (including phenoxy) is 1. The molecule has 0 aliphatic heterocycles. The Hall–Kier alpha value is -4.81. The first-order chi connectivity index (χ1) is 19.2. The summed E-state index contributed by atoms with van der Waals surface area (Å²) in [6.45, 7) is 0.275. The maximum absolute atomic E-state index is 10.5. The molecule has 1 fully saturated rings. The average Bonchev–Trinajstić information content (AvgIpc) is 3.35. The second-order valence-corrected chi connectivity index (χ2v) is 9.36. The van der Waals surface area contributed by atoms with E-state index in [-0.39, 0.29) is 12.6 Å². The van der Waals surface area contributed by atoms with E-state index in [2.05, 4.69) is 9.97 Å². The number of nitrogen functional groups attached to an aromatic ring is 1. The lowest BCUT2D eigenvalue weighted by Gasteiger charge is -2.35. The summed E-state index contributed by atoms with van der Waals surface area (Å²) in [5.74, 6) is -0.599. The number of carboxylic acids is 2. The van der Waals surface area contributed by atoms with Crippen LogP contribution in [0.2, 0.25) is 0 Å². The van der Waals surface area contributed by atoms with Gasteiger partial charge in [-0.1, -0.05) is 18.2 Å². The van der Waals surface area contributed by atoms with Crippen molar-refractivity contribution < 1.29 is 29.6 Å². The molecule has 1 aliphatic carbocycles. The predicted molar refractivity (Wildman–Crippen MR) is 148 cm³/mol. The van der Waals surface area contributed by atoms with Gasteiger partial charge < -0.3 is 31.5 Å². The Morgan fingerprint density at radius 3 is 2.15 bits per heavy atom. The summed E-state index contributed by atoms with van der Waals surface area (Å²) in [5.41, 5.74) is 13.6. The summed E-state index contributed by atoms with van der Waals surface area (Å²) in [5, 5.41) is 31.8. The molecule has 2 aromatic heterocycles. The molecule has 2 aromatic carbocycles. The molecule has 0 bridgehead atoms. The predicted octanol–water partition coefficient (Wildman–Crippen LogP) is 3.38. The molecule has 4 aromatic rings. The van der Waals surface area contributed by atoms with Gasteiger partial charge in [-0.2, -0.15) is 5.10 Å². The monoisotopic (exact) mass is 546 g/mol. The number of carbonyl (C=O) groups is 2. The number of aliphatic carboxylic acids is 2. The zero-order chi connectivity index (χ0) is 28.7. The van der Waals surface area contributed by atoms with Crippen LogP contribution in [-0.4, -0.2) is 59.2 Å². The minimum atomic E-state index is -1.26. The number of carboxylic acid groups (broad SMARTS) is 2. The van der Waals surface area contributed by atoms with Crippen molar-refractivity contribution in [3.8, 4) is 22.8 Å². The summed E-state index contributed by atoms with van der Waals surface area (Å²) in [6, 6.07) is 17.5. The van der Waals surface area contributed by atoms with E-state index in [9.17, 15) is 14.7 Å². The van der Waals surface area contributed by atoms with E-state index in [1.54, 1.807) is 0 Å². The van der Waals surface area contributed by atoms with Gasteiger partial charge in [0.25, 0.3) is 0 Å². The van der Waals surface area contributed by atoms with Crippen molar-refractivity contribution in [1.82, 2.24) is 19.7 Å². The van der Waals surface area contributed by atoms with Gasteiger partial charge in [0.2, 0.25) is 0 Å². The minimum Gasteiger partial charge on any atom is -0.478 e. The summed E-state index contributed by atoms with van der Waals surface area (Å²) >= 11 is 0. The maximum Gasteiger partial charge on any atom is 0.328 e. The zero-order valence-electron chi connectivity index (χ0n) is 21.6. The van der Waals surface area contributed by atoms with Gasteiger partial charge in [-0.15, -0.1) is 0 Å². The highest BCUT2D eigenvalue weighted by molar-refractivity contribution is 5.98. The van der Waals surface area contributed by atoms with Crippen molar-refractivity contribution in [1.29, 1.82) is 0 Å². The van der Waals surface area contributed by atoms with Gasteiger partial charge in [0, 0.05) is 24.3 Å². The fraction of sp³-hybridized carbons (Fsp3) is 0.250. The van der Waals surface area contributed by atoms with E-state index in [1.165, 1.54) is 6.33 Å². The van der Waals surface area contributed by atoms with E-state index < -0.39 is 17.5 Å². The van der Waals surface area contributed by atoms with Crippen LogP contribution in [0.15, 0.2) is 73.1 Å². The summed E-state index contributed by atoms with van der Waals surface area (Å²) in [6.07, 6.45) is 5.41. The molecule has 0 amide bonds. The highest BCUT2D eigenvalue weighted by Crippen LogP contribution is 2.38. The van der Waals surface area contributed by atoms with Crippen LogP contribution in [0.1, 0.15) is 31.7 Å². The molecule has 0 unspecified atom stereocenters. The van der Waals surface area contributed by atoms with Gasteiger partial charge >= 0.3 is 11.9 Å². The van der Waals surface area contributed by atoms with Crippen molar-refractivity contribution in [2.45, 2.75) is 37.3 Å². The van der Waals surface area contributed by atoms with E-state index in [4.69, 9.17) is 31.5 Å². The Morgan fingerprint density at radius 1 is 0.975 bits per heavy atom. The van der Waals surface area contributed by atoms with Crippen LogP contribution in [0.4, 0.5) is 5.82 Å². The van der Waals surface area contributed by atoms with Crippen molar-refractivity contribution in [3.05, 3.63) is 73.1 Å². The Kier molecular flexibility index (Phi) is 8.72. The lowest BCUT2D eigenvalue weighted by Crippen LogP contribution is -2.41. The van der Waals surface area contributed by atoms with Crippen LogP contribution in [-0.2, 0) is 9.59 Å². The quantitative estimate of drug-likeness (QED) is 0.213. The highest BCUT2D eigenvalue weighted by atomic mass is 16.5. The average molecular weight is 547 g/mol. The highest BCUT2D eigenvalue weighted by Gasteiger charge is 2.34. The molecular formula is C28H30N6O6. The molecule has 2 heterocycles. The van der Waals surface area contributed by atoms with E-state index >= 15 is 0 Å². The fourth-order valence-electron chi connectivity index (χ4n) is 4.49. The number of fused-ring (bicyclic) bond motifs is 1. The normalized spacial score (nSPS) is 18.7. The Bertz CT molecular complexity index is 1480. The Balaban J connectivity index is 0.000000406. The molecule has 1 aliphatic rings. The smallest absolute Gasteiger partial charge is 0.328 e. The number of rotatable bonds is 7. The lowest BCUT2D eigenvalue weighted by molar-refractivity contribution is -0.134. The number of para-hydroxylation sites is 1. The summed E-state index contributed by atoms with van der Waals surface area (Å²) in [7, 11) is 0. The van der Waals surface area contributed by atoms with Crippen molar-refractivity contribution in [3.63, 3.8) is 0 Å². The number of nitrogens with zero attached hydrogens (tertiary/aromatic N) is 4. The van der Waals surface area contributed by atoms with Crippen LogP contribution < -0.4 is 16.2 Å². The van der Waals surface area contributed by atoms with Gasteiger partial charge in [-0.25, -0.2) is 24.2 Å². The third kappa shape index (κ3) is 6.79. The molecule has 0 atom stereocenters. The number of aliphatic hydroxyl groups is 1. The molecule has 1 saturated carbocycles. The largest absolute Gasteiger partial charge is 0.478 e. The third-order valence-electron chi connectivity index (χ3n) is 6.60. The van der Waals surface area contributed by atoms with Crippen LogP contribution in [0, 0.1) is 0 Å². The van der Waals surface area contributed by atoms with E-state index in [1.807, 2.05) is 59.3 Å². The van der Waals surface area contributed by atoms with Gasteiger partial charge in [0.1, 0.15) is 29.3 Å². The molecule has 7 N–H and O–H groups in total. The number of aromatic nitrogens is 4. The maximum atomic E-state index is 10.5. The van der Waals surface area contributed by atoms with Crippen LogP contribution in [0.25, 0.3) is 22.3 Å². The molecule has 0 radical (unpaired) electrons. The van der Waals surface area contributed by atoms with Gasteiger partial charge in [-0.05, 0) is 62.1 Å². The van der Waals surface area contributed by atoms with Gasteiger partial charge in [-0.3, -0.25) is 0 Å². The molecular weight excluding hydrogens is 516 g/mol. The first-order valence-corrected chi connectivity index (χ1v) is 12.6. The minimum absolute atomic E-state index is 0.119. The number of hydrogen-bond acceptors (Lipinski definition) is 9. The van der Waals surface area contributed by atoms with Crippen LogP contribution >= 0.6 is 0 Å². The summed E-state index contributed by atoms with van der Waals surface area (Å²) < 4.78 is 7.84. The van der Waals surface area contributed by atoms with Crippen molar-refractivity contribution in [2.75, 3.05) is 12.3 Å². The third-order valence-corrected chi connectivity index (χ3v) is 6.60. The summed E-state index contributed by atoms with van der Waals surface area (Å²) in [4.78, 5) is 27.8. The molecule has 5 rings (SSSR count).